The van der Waals surface area contributed by atoms with Gasteiger partial charge < -0.3 is 10.1 Å². The normalized spacial score (nSPS) is 22.4. The van der Waals surface area contributed by atoms with Crippen molar-refractivity contribution in [3.8, 4) is 6.07 Å². The van der Waals surface area contributed by atoms with Crippen LogP contribution in [-0.2, 0) is 27.2 Å². The van der Waals surface area contributed by atoms with E-state index in [0.29, 0.717) is 23.4 Å². The molecule has 3 atom stereocenters. The summed E-state index contributed by atoms with van der Waals surface area (Å²) < 4.78 is 5.48. The summed E-state index contributed by atoms with van der Waals surface area (Å²) in [5, 5.41) is 13.2. The van der Waals surface area contributed by atoms with Crippen LogP contribution in [0.2, 0.25) is 0 Å². The van der Waals surface area contributed by atoms with Crippen LogP contribution in [0, 0.1) is 23.2 Å². The summed E-state index contributed by atoms with van der Waals surface area (Å²) in [6.07, 6.45) is 9.60. The number of amides is 1. The van der Waals surface area contributed by atoms with Gasteiger partial charge in [-0.1, -0.05) is 19.1 Å². The van der Waals surface area contributed by atoms with Crippen LogP contribution in [0.3, 0.4) is 0 Å². The van der Waals surface area contributed by atoms with Crippen LogP contribution < -0.4 is 5.32 Å². The van der Waals surface area contributed by atoms with E-state index in [1.165, 1.54) is 16.2 Å². The van der Waals surface area contributed by atoms with Gasteiger partial charge in [0.15, 0.2) is 0 Å². The molecule has 1 aromatic rings. The van der Waals surface area contributed by atoms with Crippen LogP contribution in [0.5, 0.6) is 0 Å². The van der Waals surface area contributed by atoms with Gasteiger partial charge in [0, 0.05) is 4.88 Å². The fourth-order valence-corrected chi connectivity index (χ4v) is 4.95. The van der Waals surface area contributed by atoms with Crippen LogP contribution in [-0.4, -0.2) is 18.0 Å². The third-order valence-electron chi connectivity index (χ3n) is 5.48. The summed E-state index contributed by atoms with van der Waals surface area (Å²) in [6.45, 7) is 3.83. The second kappa shape index (κ2) is 8.71. The standard InChI is InChI=1S/C21H26N2O3S/c1-3-13(2)26-21(25)16-10-5-4-9-15(16)19(24)23-20-17(12-22)14-8-6-7-11-18(14)27-20/h4-5,13,15-16H,3,6-11H2,1-2H3,(H,23,24)/t13-,15+,16-/m1/s1. The number of anilines is 1. The van der Waals surface area contributed by atoms with Crippen molar-refractivity contribution in [2.75, 3.05) is 5.32 Å². The molecule has 3 rings (SSSR count). The van der Waals surface area contributed by atoms with Gasteiger partial charge in [-0.3, -0.25) is 9.59 Å². The summed E-state index contributed by atoms with van der Waals surface area (Å²) in [4.78, 5) is 26.7. The van der Waals surface area contributed by atoms with E-state index in [1.54, 1.807) is 0 Å². The molecular formula is C21H26N2O3S. The molecule has 0 radical (unpaired) electrons. The Balaban J connectivity index is 1.76. The molecule has 0 aromatic carbocycles. The van der Waals surface area contributed by atoms with Crippen molar-refractivity contribution in [3.05, 3.63) is 28.2 Å². The molecule has 1 aromatic heterocycles. The molecule has 5 nitrogen and oxygen atoms in total. The van der Waals surface area contributed by atoms with Crippen molar-refractivity contribution in [1.29, 1.82) is 5.26 Å². The number of nitriles is 1. The van der Waals surface area contributed by atoms with Gasteiger partial charge in [-0.25, -0.2) is 0 Å². The second-order valence-corrected chi connectivity index (χ2v) is 8.43. The lowest BCUT2D eigenvalue weighted by molar-refractivity contribution is -0.157. The molecule has 0 unspecified atom stereocenters. The topological polar surface area (TPSA) is 79.2 Å². The van der Waals surface area contributed by atoms with Gasteiger partial charge in [0.25, 0.3) is 0 Å². The number of rotatable bonds is 5. The molecule has 0 bridgehead atoms. The number of nitrogens with one attached hydrogen (secondary N) is 1. The van der Waals surface area contributed by atoms with E-state index in [4.69, 9.17) is 4.74 Å². The molecule has 1 amide bonds. The van der Waals surface area contributed by atoms with E-state index in [1.807, 2.05) is 26.0 Å². The maximum absolute atomic E-state index is 13.0. The largest absolute Gasteiger partial charge is 0.462 e. The number of esters is 1. The molecule has 0 fully saturated rings. The highest BCUT2D eigenvalue weighted by Gasteiger charge is 2.36. The number of fused-ring (bicyclic) bond motifs is 1. The van der Waals surface area contributed by atoms with Crippen molar-refractivity contribution >= 4 is 28.2 Å². The fourth-order valence-electron chi connectivity index (χ4n) is 3.71. The lowest BCUT2D eigenvalue weighted by atomic mass is 9.82. The van der Waals surface area contributed by atoms with Gasteiger partial charge in [-0.05, 0) is 57.4 Å². The maximum atomic E-state index is 13.0. The average Bonchev–Trinajstić information content (AvgIpc) is 3.04. The predicted molar refractivity (Wildman–Crippen MR) is 106 cm³/mol. The van der Waals surface area contributed by atoms with E-state index in [2.05, 4.69) is 11.4 Å². The van der Waals surface area contributed by atoms with E-state index >= 15 is 0 Å². The molecule has 2 aliphatic rings. The average molecular weight is 387 g/mol. The van der Waals surface area contributed by atoms with Gasteiger partial charge >= 0.3 is 5.97 Å². The lowest BCUT2D eigenvalue weighted by Gasteiger charge is -2.27. The summed E-state index contributed by atoms with van der Waals surface area (Å²) in [7, 11) is 0. The second-order valence-electron chi connectivity index (χ2n) is 7.33. The Morgan fingerprint density at radius 3 is 2.70 bits per heavy atom. The highest BCUT2D eigenvalue weighted by atomic mass is 32.1. The molecule has 2 aliphatic carbocycles. The Kier molecular flexibility index (Phi) is 6.33. The quantitative estimate of drug-likeness (QED) is 0.602. The summed E-state index contributed by atoms with van der Waals surface area (Å²) in [5.41, 5.74) is 1.70. The van der Waals surface area contributed by atoms with Gasteiger partial charge in [0.2, 0.25) is 5.91 Å². The number of thiophene rings is 1. The van der Waals surface area contributed by atoms with Gasteiger partial charge in [-0.2, -0.15) is 5.26 Å². The van der Waals surface area contributed by atoms with Crippen LogP contribution in [0.1, 0.15) is 62.0 Å². The number of carbonyl (C=O) groups is 2. The first-order valence-corrected chi connectivity index (χ1v) is 10.6. The first-order valence-electron chi connectivity index (χ1n) is 9.76. The van der Waals surface area contributed by atoms with Crippen LogP contribution in [0.4, 0.5) is 5.00 Å². The minimum absolute atomic E-state index is 0.152. The molecule has 27 heavy (non-hydrogen) atoms. The zero-order chi connectivity index (χ0) is 19.4. The maximum Gasteiger partial charge on any atom is 0.310 e. The Bertz CT molecular complexity index is 790. The number of nitrogens with zero attached hydrogens (tertiary/aromatic N) is 1. The Morgan fingerprint density at radius 1 is 1.30 bits per heavy atom. The SMILES string of the molecule is CC[C@@H](C)OC(=O)[C@@H]1CC=CC[C@@H]1C(=O)Nc1sc2c(c1C#N)CCCC2. The van der Waals surface area contributed by atoms with E-state index in [0.717, 1.165) is 37.7 Å². The number of ether oxygens (including phenoxy) is 1. The van der Waals surface area contributed by atoms with Crippen molar-refractivity contribution in [1.82, 2.24) is 0 Å². The number of aryl methyl sites for hydroxylation is 1. The molecular weight excluding hydrogens is 360 g/mol. The third-order valence-corrected chi connectivity index (χ3v) is 6.69. The van der Waals surface area contributed by atoms with E-state index in [9.17, 15) is 14.9 Å². The molecule has 6 heteroatoms. The third kappa shape index (κ3) is 4.24. The smallest absolute Gasteiger partial charge is 0.310 e. The zero-order valence-corrected chi connectivity index (χ0v) is 16.7. The minimum Gasteiger partial charge on any atom is -0.462 e. The van der Waals surface area contributed by atoms with Crippen LogP contribution in [0.15, 0.2) is 12.2 Å². The molecule has 1 heterocycles. The minimum atomic E-state index is -0.468. The Hall–Kier alpha value is -2.13. The highest BCUT2D eigenvalue weighted by molar-refractivity contribution is 7.16. The first kappa shape index (κ1) is 19.6. The van der Waals surface area contributed by atoms with E-state index < -0.39 is 11.8 Å². The van der Waals surface area contributed by atoms with Crippen molar-refractivity contribution in [2.24, 2.45) is 11.8 Å². The molecule has 144 valence electrons. The predicted octanol–water partition coefficient (Wildman–Crippen LogP) is 4.36. The molecule has 1 N–H and O–H groups in total. The molecule has 0 saturated carbocycles. The van der Waals surface area contributed by atoms with Gasteiger partial charge in [0.1, 0.15) is 11.1 Å². The number of hydrogen-bond donors (Lipinski definition) is 1. The Labute approximate surface area is 164 Å². The van der Waals surface area contributed by atoms with Crippen LogP contribution in [0.25, 0.3) is 0 Å². The molecule has 0 aliphatic heterocycles. The van der Waals surface area contributed by atoms with Crippen molar-refractivity contribution in [2.45, 2.75) is 64.9 Å². The Morgan fingerprint density at radius 2 is 2.00 bits per heavy atom. The highest BCUT2D eigenvalue weighted by Crippen LogP contribution is 2.38. The van der Waals surface area contributed by atoms with Crippen molar-refractivity contribution < 1.29 is 14.3 Å². The first-order chi connectivity index (χ1) is 13.0. The number of allylic oxidation sites excluding steroid dienone is 2. The number of hydrogen-bond acceptors (Lipinski definition) is 5. The van der Waals surface area contributed by atoms with E-state index in [-0.39, 0.29) is 18.0 Å². The van der Waals surface area contributed by atoms with Gasteiger partial charge in [0.05, 0.1) is 23.5 Å². The monoisotopic (exact) mass is 386 g/mol. The van der Waals surface area contributed by atoms with Gasteiger partial charge in [-0.15, -0.1) is 11.3 Å². The molecule has 0 saturated heterocycles. The summed E-state index contributed by atoms with van der Waals surface area (Å²) in [6, 6.07) is 2.27. The van der Waals surface area contributed by atoms with Crippen molar-refractivity contribution in [3.63, 3.8) is 0 Å². The number of carbonyl (C=O) groups excluding carboxylic acids is 2. The fraction of sp³-hybridized carbons (Fsp3) is 0.571. The summed E-state index contributed by atoms with van der Waals surface area (Å²) in [5.74, 6) is -1.43. The summed E-state index contributed by atoms with van der Waals surface area (Å²) >= 11 is 1.51. The lowest BCUT2D eigenvalue weighted by Crippen LogP contribution is -2.36. The molecule has 0 spiro atoms. The van der Waals surface area contributed by atoms with Crippen LogP contribution >= 0.6 is 11.3 Å². The zero-order valence-electron chi connectivity index (χ0n) is 15.9.